The maximum absolute atomic E-state index is 11.7. The van der Waals surface area contributed by atoms with Crippen molar-refractivity contribution in [2.75, 3.05) is 5.75 Å². The predicted molar refractivity (Wildman–Crippen MR) is 59.5 cm³/mol. The van der Waals surface area contributed by atoms with Crippen molar-refractivity contribution in [3.8, 4) is 0 Å². The number of hydrogen-bond acceptors (Lipinski definition) is 3. The second kappa shape index (κ2) is 4.31. The predicted octanol–water partition coefficient (Wildman–Crippen LogP) is 1.57. The molecule has 0 bridgehead atoms. The van der Waals surface area contributed by atoms with E-state index in [0.29, 0.717) is 16.3 Å². The summed E-state index contributed by atoms with van der Waals surface area (Å²) in [5.41, 5.74) is 0.631. The molecule has 1 heterocycles. The van der Waals surface area contributed by atoms with E-state index in [0.717, 1.165) is 0 Å². The van der Waals surface area contributed by atoms with Crippen molar-refractivity contribution in [3.63, 3.8) is 0 Å². The lowest BCUT2D eigenvalue weighted by atomic mass is 10.1. The van der Waals surface area contributed by atoms with Crippen LogP contribution in [0.4, 0.5) is 0 Å². The van der Waals surface area contributed by atoms with Crippen molar-refractivity contribution in [1.29, 1.82) is 0 Å². The van der Waals surface area contributed by atoms with E-state index in [1.54, 1.807) is 12.1 Å². The van der Waals surface area contributed by atoms with Crippen LogP contribution in [-0.2, 0) is 4.79 Å². The highest BCUT2D eigenvalue weighted by Crippen LogP contribution is 2.19. The molecule has 0 atom stereocenters. The van der Waals surface area contributed by atoms with Gasteiger partial charge in [-0.2, -0.15) is 0 Å². The Morgan fingerprint density at radius 2 is 2.07 bits per heavy atom. The fourth-order valence-corrected chi connectivity index (χ4v) is 1.97. The van der Waals surface area contributed by atoms with Gasteiger partial charge in [0.25, 0.3) is 0 Å². The van der Waals surface area contributed by atoms with Crippen molar-refractivity contribution in [3.05, 3.63) is 47.0 Å². The molecule has 1 fully saturated rings. The van der Waals surface area contributed by atoms with Crippen LogP contribution in [0.3, 0.4) is 0 Å². The van der Waals surface area contributed by atoms with E-state index in [2.05, 4.69) is 5.32 Å². The van der Waals surface area contributed by atoms with Gasteiger partial charge in [-0.15, -0.1) is 0 Å². The maximum atomic E-state index is 11.7. The zero-order valence-electron chi connectivity index (χ0n) is 7.90. The summed E-state index contributed by atoms with van der Waals surface area (Å²) in [5.74, 6) is 0.265. The van der Waals surface area contributed by atoms with E-state index >= 15 is 0 Å². The molecule has 1 aromatic carbocycles. The second-order valence-electron chi connectivity index (χ2n) is 3.08. The number of thioether (sulfide) groups is 1. The third kappa shape index (κ3) is 2.47. The van der Waals surface area contributed by atoms with Crippen molar-refractivity contribution in [1.82, 2.24) is 5.32 Å². The molecule has 0 saturated carbocycles. The van der Waals surface area contributed by atoms with E-state index in [1.807, 2.05) is 18.2 Å². The standard InChI is InChI=1S/C11H9NO2S/c13-9(8-4-2-1-3-5-8)6-11-12-10(14)7-15-11/h1-6H,7H2,(H,12,14)/b11-6+. The van der Waals surface area contributed by atoms with Crippen LogP contribution in [0.2, 0.25) is 0 Å². The number of carbonyl (C=O) groups is 2. The van der Waals surface area contributed by atoms with Gasteiger partial charge in [0.2, 0.25) is 5.91 Å². The van der Waals surface area contributed by atoms with Gasteiger partial charge >= 0.3 is 0 Å². The second-order valence-corrected chi connectivity index (χ2v) is 4.09. The molecule has 1 amide bonds. The Morgan fingerprint density at radius 3 is 2.67 bits per heavy atom. The Labute approximate surface area is 91.6 Å². The van der Waals surface area contributed by atoms with Gasteiger partial charge in [0.05, 0.1) is 10.8 Å². The lowest BCUT2D eigenvalue weighted by Gasteiger charge is -1.96. The van der Waals surface area contributed by atoms with Crippen LogP contribution in [0.25, 0.3) is 0 Å². The van der Waals surface area contributed by atoms with Crippen LogP contribution in [0, 0.1) is 0 Å². The molecule has 3 nitrogen and oxygen atoms in total. The lowest BCUT2D eigenvalue weighted by molar-refractivity contribution is -0.117. The number of allylic oxidation sites excluding steroid dienone is 1. The van der Waals surface area contributed by atoms with Crippen LogP contribution in [0.15, 0.2) is 41.4 Å². The summed E-state index contributed by atoms with van der Waals surface area (Å²) in [7, 11) is 0. The summed E-state index contributed by atoms with van der Waals surface area (Å²) in [4.78, 5) is 22.6. The fourth-order valence-electron chi connectivity index (χ4n) is 1.24. The Morgan fingerprint density at radius 1 is 1.33 bits per heavy atom. The molecule has 0 aliphatic carbocycles. The molecular formula is C11H9NO2S. The summed E-state index contributed by atoms with van der Waals surface area (Å²) in [6.07, 6.45) is 1.46. The van der Waals surface area contributed by atoms with Crippen LogP contribution in [0.1, 0.15) is 10.4 Å². The highest BCUT2D eigenvalue weighted by Gasteiger charge is 2.16. The summed E-state index contributed by atoms with van der Waals surface area (Å²) < 4.78 is 0. The quantitative estimate of drug-likeness (QED) is 0.606. The van der Waals surface area contributed by atoms with Crippen molar-refractivity contribution >= 4 is 23.5 Å². The number of amides is 1. The highest BCUT2D eigenvalue weighted by atomic mass is 32.2. The first kappa shape index (κ1) is 9.98. The molecule has 1 aliphatic rings. The number of rotatable bonds is 2. The molecule has 0 aromatic heterocycles. The van der Waals surface area contributed by atoms with Crippen LogP contribution in [0.5, 0.6) is 0 Å². The van der Waals surface area contributed by atoms with Crippen molar-refractivity contribution < 1.29 is 9.59 Å². The maximum Gasteiger partial charge on any atom is 0.235 e. The first-order valence-electron chi connectivity index (χ1n) is 4.49. The van der Waals surface area contributed by atoms with Crippen molar-refractivity contribution in [2.24, 2.45) is 0 Å². The molecule has 4 heteroatoms. The fraction of sp³-hybridized carbons (Fsp3) is 0.0909. The van der Waals surface area contributed by atoms with Gasteiger partial charge < -0.3 is 5.32 Å². The van der Waals surface area contributed by atoms with E-state index in [4.69, 9.17) is 0 Å². The third-order valence-corrected chi connectivity index (χ3v) is 2.88. The number of carbonyl (C=O) groups excluding carboxylic acids is 2. The first-order valence-corrected chi connectivity index (χ1v) is 5.48. The van der Waals surface area contributed by atoms with Crippen LogP contribution in [-0.4, -0.2) is 17.4 Å². The average molecular weight is 219 g/mol. The summed E-state index contributed by atoms with van der Waals surface area (Å²) in [6.45, 7) is 0. The summed E-state index contributed by atoms with van der Waals surface area (Å²) >= 11 is 1.35. The molecule has 1 saturated heterocycles. The molecule has 15 heavy (non-hydrogen) atoms. The topological polar surface area (TPSA) is 46.2 Å². The number of ketones is 1. The largest absolute Gasteiger partial charge is 0.320 e. The minimum Gasteiger partial charge on any atom is -0.320 e. The number of nitrogens with one attached hydrogen (secondary N) is 1. The third-order valence-electron chi connectivity index (χ3n) is 1.94. The first-order chi connectivity index (χ1) is 7.25. The zero-order chi connectivity index (χ0) is 10.7. The molecular weight excluding hydrogens is 210 g/mol. The van der Waals surface area contributed by atoms with Crippen LogP contribution < -0.4 is 5.32 Å². The van der Waals surface area contributed by atoms with E-state index in [9.17, 15) is 9.59 Å². The summed E-state index contributed by atoms with van der Waals surface area (Å²) in [6, 6.07) is 8.98. The molecule has 0 spiro atoms. The molecule has 0 unspecified atom stereocenters. The number of hydrogen-bond donors (Lipinski definition) is 1. The van der Waals surface area contributed by atoms with E-state index < -0.39 is 0 Å². The summed E-state index contributed by atoms with van der Waals surface area (Å²) in [5, 5.41) is 3.25. The Bertz CT molecular complexity index is 425. The highest BCUT2D eigenvalue weighted by molar-refractivity contribution is 8.04. The number of benzene rings is 1. The molecule has 1 aromatic rings. The lowest BCUT2D eigenvalue weighted by Crippen LogP contribution is -2.14. The molecule has 1 aliphatic heterocycles. The van der Waals surface area contributed by atoms with Gasteiger partial charge in [0.1, 0.15) is 0 Å². The average Bonchev–Trinajstić information content (AvgIpc) is 2.65. The molecule has 76 valence electrons. The van der Waals surface area contributed by atoms with Gasteiger partial charge in [-0.3, -0.25) is 9.59 Å². The van der Waals surface area contributed by atoms with Gasteiger partial charge in [0.15, 0.2) is 5.78 Å². The van der Waals surface area contributed by atoms with Crippen LogP contribution >= 0.6 is 11.8 Å². The molecule has 0 radical (unpaired) electrons. The minimum atomic E-state index is -0.0831. The molecule has 1 N–H and O–H groups in total. The minimum absolute atomic E-state index is 0.0490. The van der Waals surface area contributed by atoms with Gasteiger partial charge in [0, 0.05) is 11.6 Å². The van der Waals surface area contributed by atoms with Gasteiger partial charge in [-0.1, -0.05) is 42.1 Å². The normalized spacial score (nSPS) is 17.9. The Balaban J connectivity index is 2.13. The monoisotopic (exact) mass is 219 g/mol. The zero-order valence-corrected chi connectivity index (χ0v) is 8.71. The van der Waals surface area contributed by atoms with E-state index in [-0.39, 0.29) is 11.7 Å². The smallest absolute Gasteiger partial charge is 0.235 e. The molecule has 2 rings (SSSR count). The SMILES string of the molecule is O=C1CS/C(=C/C(=O)c2ccccc2)N1. The van der Waals surface area contributed by atoms with Gasteiger partial charge in [-0.05, 0) is 0 Å². The van der Waals surface area contributed by atoms with Gasteiger partial charge in [-0.25, -0.2) is 0 Å². The van der Waals surface area contributed by atoms with Crippen molar-refractivity contribution in [2.45, 2.75) is 0 Å². The Hall–Kier alpha value is -1.55. The van der Waals surface area contributed by atoms with E-state index in [1.165, 1.54) is 17.8 Å². The Kier molecular flexibility index (Phi) is 2.87.